The highest BCUT2D eigenvalue weighted by Crippen LogP contribution is 2.46. The van der Waals surface area contributed by atoms with Crippen LogP contribution in [0.3, 0.4) is 0 Å². The minimum absolute atomic E-state index is 0.00224. The smallest absolute Gasteiger partial charge is 0.480 e. The maximum Gasteiger partial charge on any atom is 0.527 e. The maximum absolute atomic E-state index is 13.1. The number of carboxylic acids is 4. The molecule has 1 aliphatic heterocycles. The van der Waals surface area contributed by atoms with Crippen molar-refractivity contribution in [1.29, 1.82) is 0 Å². The number of hydrogen-bond acceptors (Lipinski definition) is 11. The van der Waals surface area contributed by atoms with Crippen molar-refractivity contribution >= 4 is 31.7 Å². The zero-order valence-corrected chi connectivity index (χ0v) is 34.5. The predicted molar refractivity (Wildman–Crippen MR) is 210 cm³/mol. The van der Waals surface area contributed by atoms with Gasteiger partial charge in [0.05, 0.1) is 19.7 Å². The highest BCUT2D eigenvalue weighted by molar-refractivity contribution is 7.47. The monoisotopic (exact) mass is 806 g/mol. The number of benzene rings is 2. The average molecular weight is 807 g/mol. The van der Waals surface area contributed by atoms with Crippen LogP contribution >= 0.6 is 7.82 Å². The molecule has 0 saturated carbocycles. The largest absolute Gasteiger partial charge is 0.527 e. The summed E-state index contributed by atoms with van der Waals surface area (Å²) < 4.78 is 23.9. The van der Waals surface area contributed by atoms with Crippen LogP contribution in [0.15, 0.2) is 24.3 Å². The highest BCUT2D eigenvalue weighted by Gasteiger charge is 2.32. The Bertz CT molecular complexity index is 1700. The molecule has 2 aromatic carbocycles. The lowest BCUT2D eigenvalue weighted by molar-refractivity contribution is -0.146. The Hall–Kier alpha value is -3.89. The van der Waals surface area contributed by atoms with Crippen LogP contribution in [0.5, 0.6) is 5.75 Å². The molecule has 0 aromatic heterocycles. The van der Waals surface area contributed by atoms with Crippen LogP contribution < -0.4 is 4.52 Å². The second kappa shape index (κ2) is 21.0. The van der Waals surface area contributed by atoms with Gasteiger partial charge in [0.2, 0.25) is 0 Å². The van der Waals surface area contributed by atoms with E-state index in [9.17, 15) is 49.1 Å². The summed E-state index contributed by atoms with van der Waals surface area (Å²) in [5.74, 6) is -4.49. The number of nitrogens with zero attached hydrogens (tertiary/aromatic N) is 4. The van der Waals surface area contributed by atoms with Gasteiger partial charge < -0.3 is 24.9 Å². The Morgan fingerprint density at radius 2 is 1.20 bits per heavy atom. The zero-order chi connectivity index (χ0) is 41.9. The topological polar surface area (TPSA) is 218 Å². The van der Waals surface area contributed by atoms with E-state index in [1.165, 1.54) is 0 Å². The minimum atomic E-state index is -4.62. The van der Waals surface area contributed by atoms with Gasteiger partial charge in [-0.2, -0.15) is 0 Å². The van der Waals surface area contributed by atoms with Crippen molar-refractivity contribution in [2.75, 3.05) is 72.1 Å². The summed E-state index contributed by atoms with van der Waals surface area (Å²) in [5, 5.41) is 39.5. The maximum atomic E-state index is 13.1. The number of aryl methyl sites for hydroxylation is 5. The van der Waals surface area contributed by atoms with E-state index in [0.717, 1.165) is 33.4 Å². The van der Waals surface area contributed by atoms with E-state index in [-0.39, 0.29) is 96.6 Å². The summed E-state index contributed by atoms with van der Waals surface area (Å²) in [6.07, 6.45) is 0.0560. The van der Waals surface area contributed by atoms with Crippen LogP contribution in [0.2, 0.25) is 0 Å². The lowest BCUT2D eigenvalue weighted by Crippen LogP contribution is -2.54. The van der Waals surface area contributed by atoms with Gasteiger partial charge in [-0.3, -0.25) is 48.2 Å². The number of rotatable bonds is 17. The first kappa shape index (κ1) is 46.5. The second-order valence-corrected chi connectivity index (χ2v) is 16.4. The van der Waals surface area contributed by atoms with Gasteiger partial charge in [0.1, 0.15) is 17.8 Å². The van der Waals surface area contributed by atoms with Crippen LogP contribution in [0, 0.1) is 40.5 Å². The molecule has 56 heavy (non-hydrogen) atoms. The fourth-order valence-electron chi connectivity index (χ4n) is 7.51. The van der Waals surface area contributed by atoms with Crippen LogP contribution in [0.1, 0.15) is 54.5 Å². The molecule has 0 aliphatic carbocycles. The third-order valence-corrected chi connectivity index (χ3v) is 11.0. The number of carbonyl (C=O) groups is 4. The van der Waals surface area contributed by atoms with Crippen LogP contribution in [0.4, 0.5) is 0 Å². The quantitative estimate of drug-likeness (QED) is 0.112. The van der Waals surface area contributed by atoms with Crippen molar-refractivity contribution < 1.29 is 58.1 Å². The molecule has 3 atom stereocenters. The number of phosphoric acid groups is 1. The molecule has 1 aliphatic rings. The van der Waals surface area contributed by atoms with Crippen molar-refractivity contribution in [3.05, 3.63) is 52.1 Å². The van der Waals surface area contributed by atoms with Crippen molar-refractivity contribution in [1.82, 2.24) is 19.6 Å². The van der Waals surface area contributed by atoms with Gasteiger partial charge in [-0.05, 0) is 98.9 Å². The molecule has 17 heteroatoms. The third kappa shape index (κ3) is 13.9. The molecule has 0 radical (unpaired) electrons. The van der Waals surface area contributed by atoms with Crippen molar-refractivity contribution in [3.8, 4) is 16.9 Å². The Labute approximate surface area is 329 Å². The molecule has 0 bridgehead atoms. The Kier molecular flexibility index (Phi) is 17.5. The summed E-state index contributed by atoms with van der Waals surface area (Å²) in [6, 6.07) is 5.83. The molecule has 5 N–H and O–H groups in total. The first-order valence-electron chi connectivity index (χ1n) is 18.9. The Morgan fingerprint density at radius 1 is 0.696 bits per heavy atom. The standard InChI is InChI=1S/C39H59N4O12P/c1-25(2)37(39(50)51)43-16-12-40(23-34(44)45)10-14-42(15-11-41(13-17-43)24-35(46)47)32(38(48)49)9-8-18-54-56(52,53)55-33-22-27(4)31(21-28(33)5)36-29(6)19-26(3)20-30(36)7/h19-22,25,32,37H,8-18,23-24H2,1-7H3,(H,44,45)(H,46,47)(H,48,49)(H,50,51)(H,52,53)/t32-,37?/m1/s1. The summed E-state index contributed by atoms with van der Waals surface area (Å²) in [4.78, 5) is 65.6. The molecule has 1 saturated heterocycles. The summed E-state index contributed by atoms with van der Waals surface area (Å²) >= 11 is 0. The molecule has 1 fully saturated rings. The van der Waals surface area contributed by atoms with E-state index in [1.54, 1.807) is 46.4 Å². The number of phosphoric ester groups is 1. The van der Waals surface area contributed by atoms with Crippen LogP contribution in [-0.4, -0.2) is 153 Å². The highest BCUT2D eigenvalue weighted by atomic mass is 31.2. The number of hydrogen-bond donors (Lipinski definition) is 5. The van der Waals surface area contributed by atoms with E-state index in [4.69, 9.17) is 9.05 Å². The summed E-state index contributed by atoms with van der Waals surface area (Å²) in [5.41, 5.74) is 6.93. The Balaban J connectivity index is 1.74. The van der Waals surface area contributed by atoms with Gasteiger partial charge in [0, 0.05) is 52.4 Å². The van der Waals surface area contributed by atoms with Gasteiger partial charge in [0.15, 0.2) is 0 Å². The second-order valence-electron chi connectivity index (χ2n) is 15.0. The van der Waals surface area contributed by atoms with E-state index in [0.29, 0.717) is 5.56 Å². The number of carboxylic acid groups (broad SMARTS) is 4. The molecule has 0 spiro atoms. The number of aliphatic carboxylic acids is 4. The fourth-order valence-corrected chi connectivity index (χ4v) is 8.37. The first-order valence-corrected chi connectivity index (χ1v) is 20.4. The lowest BCUT2D eigenvalue weighted by Gasteiger charge is -2.37. The third-order valence-electron chi connectivity index (χ3n) is 10.1. The fraction of sp³-hybridized carbons (Fsp3) is 0.590. The van der Waals surface area contributed by atoms with E-state index < -0.39 is 43.8 Å². The molecular formula is C39H59N4O12P. The molecule has 16 nitrogen and oxygen atoms in total. The first-order chi connectivity index (χ1) is 26.2. The molecule has 2 aromatic rings. The minimum Gasteiger partial charge on any atom is -0.480 e. The molecule has 312 valence electrons. The van der Waals surface area contributed by atoms with Gasteiger partial charge in [-0.25, -0.2) is 4.57 Å². The summed E-state index contributed by atoms with van der Waals surface area (Å²) in [7, 11) is -4.62. The van der Waals surface area contributed by atoms with E-state index >= 15 is 0 Å². The SMILES string of the molecule is Cc1cc(C)c(-c2cc(C)c(OP(=O)(O)OCCC[C@H](C(=O)O)N3CCN(CC(=O)O)CCN(C(C(=O)O)C(C)C)CCN(CC(=O)O)CC3)cc2C)c(C)c1. The normalized spacial score (nSPS) is 18.0. The zero-order valence-electron chi connectivity index (χ0n) is 33.6. The molecule has 2 unspecified atom stereocenters. The Morgan fingerprint density at radius 3 is 1.64 bits per heavy atom. The lowest BCUT2D eigenvalue weighted by atomic mass is 9.90. The molecule has 1 heterocycles. The average Bonchev–Trinajstić information content (AvgIpc) is 3.05. The van der Waals surface area contributed by atoms with Crippen molar-refractivity contribution in [3.63, 3.8) is 0 Å². The van der Waals surface area contributed by atoms with Crippen molar-refractivity contribution in [2.24, 2.45) is 5.92 Å². The van der Waals surface area contributed by atoms with Gasteiger partial charge in [-0.15, -0.1) is 0 Å². The van der Waals surface area contributed by atoms with Gasteiger partial charge >= 0.3 is 31.7 Å². The molecule has 3 rings (SSSR count). The van der Waals surface area contributed by atoms with Gasteiger partial charge in [-0.1, -0.05) is 31.5 Å². The van der Waals surface area contributed by atoms with E-state index in [2.05, 4.69) is 12.1 Å². The molecule has 0 amide bonds. The van der Waals surface area contributed by atoms with Crippen LogP contribution in [-0.2, 0) is 28.3 Å². The van der Waals surface area contributed by atoms with Gasteiger partial charge in [0.25, 0.3) is 0 Å². The van der Waals surface area contributed by atoms with Crippen molar-refractivity contribution in [2.45, 2.75) is 73.4 Å². The predicted octanol–water partition coefficient (Wildman–Crippen LogP) is 4.12. The molecular weight excluding hydrogens is 747 g/mol. The summed E-state index contributed by atoms with van der Waals surface area (Å²) in [6.45, 7) is 13.6. The van der Waals surface area contributed by atoms with Crippen LogP contribution in [0.25, 0.3) is 11.1 Å². The van der Waals surface area contributed by atoms with E-state index in [1.807, 2.05) is 33.8 Å².